The number of aryl methyl sites for hydroxylation is 1. The first-order chi connectivity index (χ1) is 14.6. The summed E-state index contributed by atoms with van der Waals surface area (Å²) in [4.78, 5) is 24.6. The molecule has 1 N–H and O–H groups in total. The Morgan fingerprint density at radius 3 is 2.23 bits per heavy atom. The second-order valence-electron chi connectivity index (χ2n) is 6.82. The second-order valence-corrected chi connectivity index (χ2v) is 8.76. The summed E-state index contributed by atoms with van der Waals surface area (Å²) in [5, 5.41) is 2.62. The van der Waals surface area contributed by atoms with Gasteiger partial charge in [-0.05, 0) is 49.2 Å². The van der Waals surface area contributed by atoms with E-state index >= 15 is 0 Å². The number of hydrogen-bond donors (Lipinski definition) is 1. The predicted molar refractivity (Wildman–Crippen MR) is 116 cm³/mol. The highest BCUT2D eigenvalue weighted by atomic mass is 32.2. The summed E-state index contributed by atoms with van der Waals surface area (Å²) in [6, 6.07) is 10.1. The van der Waals surface area contributed by atoms with Crippen molar-refractivity contribution in [2.45, 2.75) is 45.1 Å². The average molecular weight is 451 g/mol. The topological polar surface area (TPSA) is 92.8 Å². The first-order valence-electron chi connectivity index (χ1n) is 10.0. The molecule has 0 aromatic heterocycles. The summed E-state index contributed by atoms with van der Waals surface area (Å²) in [6.07, 6.45) is -0.363. The van der Waals surface area contributed by atoms with Crippen molar-refractivity contribution < 1.29 is 27.1 Å². The number of amides is 1. The molecule has 9 heteroatoms. The number of esters is 1. The van der Waals surface area contributed by atoms with E-state index in [0.29, 0.717) is 5.69 Å². The van der Waals surface area contributed by atoms with Gasteiger partial charge in [0.2, 0.25) is 10.0 Å². The lowest BCUT2D eigenvalue weighted by Gasteiger charge is -2.19. The van der Waals surface area contributed by atoms with E-state index in [1.165, 1.54) is 11.2 Å². The summed E-state index contributed by atoms with van der Waals surface area (Å²) in [5.74, 6) is -2.66. The second kappa shape index (κ2) is 10.5. The zero-order chi connectivity index (χ0) is 23.2. The van der Waals surface area contributed by atoms with Crippen LogP contribution in [0.15, 0.2) is 47.4 Å². The Morgan fingerprint density at radius 2 is 1.68 bits per heavy atom. The molecular formula is C22H27FN2O5S. The molecule has 1 atom stereocenters. The highest BCUT2D eigenvalue weighted by Gasteiger charge is 2.26. The maximum atomic E-state index is 14.2. The van der Waals surface area contributed by atoms with Gasteiger partial charge in [0.15, 0.2) is 6.10 Å². The van der Waals surface area contributed by atoms with Crippen LogP contribution in [-0.4, -0.2) is 43.8 Å². The quantitative estimate of drug-likeness (QED) is 0.589. The van der Waals surface area contributed by atoms with Gasteiger partial charge in [0.05, 0.1) is 10.5 Å². The molecular weight excluding hydrogens is 423 g/mol. The number of benzene rings is 2. The SMILES string of the molecule is CCc1ccc(NC(=O)C(C)OC(=O)c2cc(S(=O)(=O)N(CC)CC)ccc2F)cc1. The van der Waals surface area contributed by atoms with Gasteiger partial charge in [-0.25, -0.2) is 17.6 Å². The Balaban J connectivity index is 2.15. The van der Waals surface area contributed by atoms with Gasteiger partial charge in [0, 0.05) is 18.8 Å². The zero-order valence-corrected chi connectivity index (χ0v) is 18.8. The van der Waals surface area contributed by atoms with E-state index in [0.717, 1.165) is 30.2 Å². The first-order valence-corrected chi connectivity index (χ1v) is 11.5. The highest BCUT2D eigenvalue weighted by molar-refractivity contribution is 7.89. The molecule has 168 valence electrons. The van der Waals surface area contributed by atoms with Crippen LogP contribution in [0.2, 0.25) is 0 Å². The van der Waals surface area contributed by atoms with Crippen LogP contribution in [0.4, 0.5) is 10.1 Å². The number of sulfonamides is 1. The summed E-state index contributed by atoms with van der Waals surface area (Å²) < 4.78 is 45.8. The van der Waals surface area contributed by atoms with Gasteiger partial charge in [-0.2, -0.15) is 4.31 Å². The smallest absolute Gasteiger partial charge is 0.341 e. The standard InChI is InChI=1S/C22H27FN2O5S/c1-5-16-8-10-17(11-9-16)24-21(26)15(4)30-22(27)19-14-18(12-13-20(19)23)31(28,29)25(6-2)7-3/h8-15H,5-7H2,1-4H3,(H,24,26). The fourth-order valence-electron chi connectivity index (χ4n) is 2.88. The lowest BCUT2D eigenvalue weighted by Crippen LogP contribution is -2.31. The minimum absolute atomic E-state index is 0.224. The number of carbonyl (C=O) groups excluding carboxylic acids is 2. The Morgan fingerprint density at radius 1 is 1.06 bits per heavy atom. The van der Waals surface area contributed by atoms with Crippen LogP contribution in [-0.2, 0) is 26.0 Å². The van der Waals surface area contributed by atoms with Crippen LogP contribution >= 0.6 is 0 Å². The lowest BCUT2D eigenvalue weighted by molar-refractivity contribution is -0.123. The molecule has 31 heavy (non-hydrogen) atoms. The maximum absolute atomic E-state index is 14.2. The van der Waals surface area contributed by atoms with Gasteiger partial charge in [0.1, 0.15) is 5.82 Å². The Hall–Kier alpha value is -2.78. The molecule has 0 fully saturated rings. The molecule has 2 rings (SSSR count). The van der Waals surface area contributed by atoms with Crippen molar-refractivity contribution in [2.24, 2.45) is 0 Å². The maximum Gasteiger partial charge on any atom is 0.341 e. The van der Waals surface area contributed by atoms with Crippen molar-refractivity contribution in [3.05, 3.63) is 59.4 Å². The van der Waals surface area contributed by atoms with E-state index in [9.17, 15) is 22.4 Å². The van der Waals surface area contributed by atoms with Crippen LogP contribution in [0, 0.1) is 5.82 Å². The van der Waals surface area contributed by atoms with Crippen molar-refractivity contribution in [1.82, 2.24) is 4.31 Å². The Kier molecular flexibility index (Phi) is 8.29. The molecule has 1 amide bonds. The van der Waals surface area contributed by atoms with Crippen LogP contribution < -0.4 is 5.32 Å². The molecule has 2 aromatic rings. The van der Waals surface area contributed by atoms with Gasteiger partial charge in [-0.3, -0.25) is 4.79 Å². The molecule has 0 bridgehead atoms. The fraction of sp³-hybridized carbons (Fsp3) is 0.364. The van der Waals surface area contributed by atoms with Crippen molar-refractivity contribution in [3.63, 3.8) is 0 Å². The molecule has 0 heterocycles. The fourth-order valence-corrected chi connectivity index (χ4v) is 4.36. The number of nitrogens with zero attached hydrogens (tertiary/aromatic N) is 1. The molecule has 0 aliphatic heterocycles. The van der Waals surface area contributed by atoms with Crippen molar-refractivity contribution in [3.8, 4) is 0 Å². The largest absolute Gasteiger partial charge is 0.449 e. The number of ether oxygens (including phenoxy) is 1. The van der Waals surface area contributed by atoms with Crippen molar-refractivity contribution in [1.29, 1.82) is 0 Å². The molecule has 0 saturated carbocycles. The van der Waals surface area contributed by atoms with Gasteiger partial charge in [-0.15, -0.1) is 0 Å². The van der Waals surface area contributed by atoms with E-state index in [2.05, 4.69) is 5.32 Å². The molecule has 1 unspecified atom stereocenters. The van der Waals surface area contributed by atoms with Gasteiger partial charge in [-0.1, -0.05) is 32.9 Å². The molecule has 0 radical (unpaired) electrons. The number of anilines is 1. The van der Waals surface area contributed by atoms with Crippen molar-refractivity contribution in [2.75, 3.05) is 18.4 Å². The molecule has 0 aliphatic rings. The van der Waals surface area contributed by atoms with Crippen LogP contribution in [0.5, 0.6) is 0 Å². The van der Waals surface area contributed by atoms with E-state index in [1.54, 1.807) is 26.0 Å². The minimum Gasteiger partial charge on any atom is -0.449 e. The summed E-state index contributed by atoms with van der Waals surface area (Å²) in [6.45, 7) is 7.17. The highest BCUT2D eigenvalue weighted by Crippen LogP contribution is 2.20. The number of hydrogen-bond acceptors (Lipinski definition) is 5. The summed E-state index contributed by atoms with van der Waals surface area (Å²) in [7, 11) is -3.89. The normalized spacial score (nSPS) is 12.5. The van der Waals surface area contributed by atoms with Gasteiger partial charge >= 0.3 is 5.97 Å². The summed E-state index contributed by atoms with van der Waals surface area (Å²) >= 11 is 0. The number of carbonyl (C=O) groups is 2. The third kappa shape index (κ3) is 5.89. The van der Waals surface area contributed by atoms with Gasteiger partial charge < -0.3 is 10.1 Å². The monoisotopic (exact) mass is 450 g/mol. The predicted octanol–water partition coefficient (Wildman–Crippen LogP) is 3.60. The molecule has 0 aliphatic carbocycles. The van der Waals surface area contributed by atoms with Crippen LogP contribution in [0.1, 0.15) is 43.6 Å². The van der Waals surface area contributed by atoms with E-state index < -0.39 is 39.4 Å². The molecule has 7 nitrogen and oxygen atoms in total. The number of rotatable bonds is 9. The minimum atomic E-state index is -3.89. The third-order valence-electron chi connectivity index (χ3n) is 4.78. The van der Waals surface area contributed by atoms with E-state index in [1.807, 2.05) is 19.1 Å². The van der Waals surface area contributed by atoms with Gasteiger partial charge in [0.25, 0.3) is 5.91 Å². The molecule has 0 spiro atoms. The van der Waals surface area contributed by atoms with Crippen molar-refractivity contribution >= 4 is 27.6 Å². The van der Waals surface area contributed by atoms with E-state index in [4.69, 9.17) is 4.74 Å². The summed E-state index contributed by atoms with van der Waals surface area (Å²) in [5.41, 5.74) is 1.08. The number of halogens is 1. The van der Waals surface area contributed by atoms with Crippen LogP contribution in [0.3, 0.4) is 0 Å². The molecule has 0 saturated heterocycles. The Bertz CT molecular complexity index is 1030. The van der Waals surface area contributed by atoms with E-state index in [-0.39, 0.29) is 18.0 Å². The third-order valence-corrected chi connectivity index (χ3v) is 6.83. The molecule has 2 aromatic carbocycles. The Labute approximate surface area is 182 Å². The average Bonchev–Trinajstić information content (AvgIpc) is 2.74. The first kappa shape index (κ1) is 24.5. The lowest BCUT2D eigenvalue weighted by atomic mass is 10.1. The zero-order valence-electron chi connectivity index (χ0n) is 18.0. The van der Waals surface area contributed by atoms with Crippen LogP contribution in [0.25, 0.3) is 0 Å². The number of nitrogens with one attached hydrogen (secondary N) is 1.